The molecule has 2 N–H and O–H groups in total. The molecule has 0 aliphatic rings. The Bertz CT molecular complexity index is 572. The number of methoxy groups -OCH3 is 1. The van der Waals surface area contributed by atoms with Gasteiger partial charge in [0.25, 0.3) is 0 Å². The van der Waals surface area contributed by atoms with Gasteiger partial charge in [0.1, 0.15) is 0 Å². The molecule has 0 heterocycles. The van der Waals surface area contributed by atoms with E-state index in [0.29, 0.717) is 16.8 Å². The number of hydrogen-bond donors (Lipinski definition) is 2. The molecule has 0 bridgehead atoms. The van der Waals surface area contributed by atoms with E-state index < -0.39 is 0 Å². The van der Waals surface area contributed by atoms with E-state index >= 15 is 0 Å². The van der Waals surface area contributed by atoms with Gasteiger partial charge in [-0.2, -0.15) is 0 Å². The van der Waals surface area contributed by atoms with Crippen LogP contribution in [0.2, 0.25) is 0 Å². The van der Waals surface area contributed by atoms with Crippen molar-refractivity contribution >= 4 is 15.9 Å². The van der Waals surface area contributed by atoms with Crippen molar-refractivity contribution in [3.05, 3.63) is 58.1 Å². The molecular formula is C16H18BrNO2. The molecule has 0 saturated heterocycles. The van der Waals surface area contributed by atoms with E-state index in [1.807, 2.05) is 30.3 Å². The average Bonchev–Trinajstić information content (AvgIpc) is 2.48. The first kappa shape index (κ1) is 14.9. The van der Waals surface area contributed by atoms with Crippen molar-refractivity contribution in [3.63, 3.8) is 0 Å². The Hall–Kier alpha value is -1.52. The van der Waals surface area contributed by atoms with Gasteiger partial charge in [-0.05, 0) is 46.1 Å². The van der Waals surface area contributed by atoms with Gasteiger partial charge in [0, 0.05) is 12.6 Å². The molecule has 4 heteroatoms. The molecule has 1 unspecified atom stereocenters. The van der Waals surface area contributed by atoms with Gasteiger partial charge < -0.3 is 15.2 Å². The van der Waals surface area contributed by atoms with Gasteiger partial charge in [-0.15, -0.1) is 0 Å². The molecule has 2 aromatic rings. The highest BCUT2D eigenvalue weighted by atomic mass is 79.9. The normalized spacial score (nSPS) is 12.2. The van der Waals surface area contributed by atoms with Crippen LogP contribution in [-0.2, 0) is 6.54 Å². The first-order valence-corrected chi connectivity index (χ1v) is 7.25. The topological polar surface area (TPSA) is 41.5 Å². The minimum absolute atomic E-state index is 0.132. The van der Waals surface area contributed by atoms with Crippen LogP contribution < -0.4 is 10.1 Å². The van der Waals surface area contributed by atoms with Crippen molar-refractivity contribution in [2.45, 2.75) is 19.5 Å². The number of hydrogen-bond acceptors (Lipinski definition) is 3. The first-order chi connectivity index (χ1) is 9.61. The fourth-order valence-electron chi connectivity index (χ4n) is 2.02. The standard InChI is InChI=1S/C16H18BrNO2/c1-11(13-6-4-3-5-7-13)18-10-12-8-14(17)16(19)15(9-12)20-2/h3-9,11,18-19H,10H2,1-2H3. The molecule has 2 aromatic carbocycles. The number of benzene rings is 2. The number of rotatable bonds is 5. The Balaban J connectivity index is 2.06. The lowest BCUT2D eigenvalue weighted by molar-refractivity contribution is 0.371. The molecule has 0 fully saturated rings. The van der Waals surface area contributed by atoms with Gasteiger partial charge in [0.05, 0.1) is 11.6 Å². The number of nitrogens with one attached hydrogen (secondary N) is 1. The van der Waals surface area contributed by atoms with Crippen LogP contribution in [0.25, 0.3) is 0 Å². The van der Waals surface area contributed by atoms with Crippen molar-refractivity contribution in [3.8, 4) is 11.5 Å². The molecule has 0 saturated carbocycles. The maximum atomic E-state index is 9.79. The molecular weight excluding hydrogens is 318 g/mol. The molecule has 0 radical (unpaired) electrons. The number of halogens is 1. The summed E-state index contributed by atoms with van der Waals surface area (Å²) in [4.78, 5) is 0. The molecule has 1 atom stereocenters. The van der Waals surface area contributed by atoms with E-state index in [0.717, 1.165) is 5.56 Å². The van der Waals surface area contributed by atoms with Crippen LogP contribution in [0.3, 0.4) is 0 Å². The van der Waals surface area contributed by atoms with Crippen LogP contribution in [-0.4, -0.2) is 12.2 Å². The van der Waals surface area contributed by atoms with Crippen molar-refractivity contribution in [1.82, 2.24) is 5.32 Å². The zero-order valence-electron chi connectivity index (χ0n) is 11.6. The van der Waals surface area contributed by atoms with Crippen LogP contribution in [0.15, 0.2) is 46.9 Å². The maximum Gasteiger partial charge on any atom is 0.172 e. The van der Waals surface area contributed by atoms with E-state index in [9.17, 15) is 5.11 Å². The lowest BCUT2D eigenvalue weighted by Crippen LogP contribution is -2.18. The zero-order valence-corrected chi connectivity index (χ0v) is 13.1. The second kappa shape index (κ2) is 6.77. The Kier molecular flexibility index (Phi) is 5.04. The van der Waals surface area contributed by atoms with E-state index in [4.69, 9.17) is 4.74 Å². The number of phenolic OH excluding ortho intramolecular Hbond substituents is 1. The molecule has 0 aliphatic heterocycles. The number of ether oxygens (including phenoxy) is 1. The van der Waals surface area contributed by atoms with Gasteiger partial charge in [-0.25, -0.2) is 0 Å². The summed E-state index contributed by atoms with van der Waals surface area (Å²) in [7, 11) is 1.55. The predicted octanol–water partition coefficient (Wildman–Crippen LogP) is 4.01. The largest absolute Gasteiger partial charge is 0.503 e. The SMILES string of the molecule is COc1cc(CNC(C)c2ccccc2)cc(Br)c1O. The molecule has 3 nitrogen and oxygen atoms in total. The highest BCUT2D eigenvalue weighted by molar-refractivity contribution is 9.10. The van der Waals surface area contributed by atoms with Gasteiger partial charge in [0.2, 0.25) is 0 Å². The molecule has 0 aliphatic carbocycles. The molecule has 0 spiro atoms. The van der Waals surface area contributed by atoms with E-state index in [1.54, 1.807) is 7.11 Å². The first-order valence-electron chi connectivity index (χ1n) is 6.45. The maximum absolute atomic E-state index is 9.79. The summed E-state index contributed by atoms with van der Waals surface area (Å²) in [6, 6.07) is 14.3. The summed E-state index contributed by atoms with van der Waals surface area (Å²) in [6.45, 7) is 2.83. The Morgan fingerprint density at radius 1 is 1.25 bits per heavy atom. The quantitative estimate of drug-likeness (QED) is 0.867. The average molecular weight is 336 g/mol. The van der Waals surface area contributed by atoms with Gasteiger partial charge in [0.15, 0.2) is 11.5 Å². The second-order valence-electron chi connectivity index (χ2n) is 4.64. The Morgan fingerprint density at radius 3 is 2.60 bits per heavy atom. The zero-order chi connectivity index (χ0) is 14.5. The van der Waals surface area contributed by atoms with E-state index in [-0.39, 0.29) is 11.8 Å². The smallest absolute Gasteiger partial charge is 0.172 e. The van der Waals surface area contributed by atoms with Crippen molar-refractivity contribution < 1.29 is 9.84 Å². The van der Waals surface area contributed by atoms with Gasteiger partial charge in [-0.1, -0.05) is 30.3 Å². The van der Waals surface area contributed by atoms with Crippen molar-refractivity contribution in [2.75, 3.05) is 7.11 Å². The Labute approximate surface area is 127 Å². The third-order valence-corrected chi connectivity index (χ3v) is 3.82. The fourth-order valence-corrected chi connectivity index (χ4v) is 2.50. The van der Waals surface area contributed by atoms with Crippen molar-refractivity contribution in [1.29, 1.82) is 0 Å². The summed E-state index contributed by atoms with van der Waals surface area (Å²) in [5.74, 6) is 0.607. The lowest BCUT2D eigenvalue weighted by atomic mass is 10.1. The van der Waals surface area contributed by atoms with Crippen LogP contribution >= 0.6 is 15.9 Å². The van der Waals surface area contributed by atoms with Gasteiger partial charge in [-0.3, -0.25) is 0 Å². The number of phenols is 1. The van der Waals surface area contributed by atoms with E-state index in [1.165, 1.54) is 5.56 Å². The summed E-state index contributed by atoms with van der Waals surface area (Å²) in [6.07, 6.45) is 0. The monoisotopic (exact) mass is 335 g/mol. The number of aromatic hydroxyl groups is 1. The predicted molar refractivity (Wildman–Crippen MR) is 84.1 cm³/mol. The summed E-state index contributed by atoms with van der Waals surface area (Å²) < 4.78 is 5.79. The third-order valence-electron chi connectivity index (χ3n) is 3.22. The van der Waals surface area contributed by atoms with Crippen LogP contribution in [0, 0.1) is 0 Å². The molecule has 20 heavy (non-hydrogen) atoms. The minimum Gasteiger partial charge on any atom is -0.503 e. The van der Waals surface area contributed by atoms with Crippen LogP contribution in [0.4, 0.5) is 0 Å². The van der Waals surface area contributed by atoms with Crippen LogP contribution in [0.1, 0.15) is 24.1 Å². The minimum atomic E-state index is 0.132. The molecule has 0 aromatic heterocycles. The summed E-state index contributed by atoms with van der Waals surface area (Å²) in [5, 5.41) is 13.2. The highest BCUT2D eigenvalue weighted by Crippen LogP contribution is 2.35. The van der Waals surface area contributed by atoms with E-state index in [2.05, 4.69) is 40.3 Å². The summed E-state index contributed by atoms with van der Waals surface area (Å²) >= 11 is 3.33. The lowest BCUT2D eigenvalue weighted by Gasteiger charge is -2.15. The van der Waals surface area contributed by atoms with Crippen molar-refractivity contribution in [2.24, 2.45) is 0 Å². The van der Waals surface area contributed by atoms with Gasteiger partial charge >= 0.3 is 0 Å². The second-order valence-corrected chi connectivity index (χ2v) is 5.50. The molecule has 106 valence electrons. The summed E-state index contributed by atoms with van der Waals surface area (Å²) in [5.41, 5.74) is 2.30. The molecule has 2 rings (SSSR count). The third kappa shape index (κ3) is 3.52. The fraction of sp³-hybridized carbons (Fsp3) is 0.250. The molecule has 0 amide bonds. The van der Waals surface area contributed by atoms with Crippen LogP contribution in [0.5, 0.6) is 11.5 Å². The highest BCUT2D eigenvalue weighted by Gasteiger charge is 2.10. The Morgan fingerprint density at radius 2 is 1.95 bits per heavy atom.